The number of hydrogen-bond acceptors (Lipinski definition) is 0. The molecule has 0 heteroatoms. The van der Waals surface area contributed by atoms with E-state index in [1.165, 1.54) is 46.9 Å². The molecule has 0 radical (unpaired) electrons. The summed E-state index contributed by atoms with van der Waals surface area (Å²) in [4.78, 5) is 0. The molecule has 0 atom stereocenters. The van der Waals surface area contributed by atoms with Gasteiger partial charge in [0.1, 0.15) is 0 Å². The Bertz CT molecular complexity index is 702. The van der Waals surface area contributed by atoms with E-state index in [0.717, 1.165) is 0 Å². The van der Waals surface area contributed by atoms with Gasteiger partial charge in [-0.1, -0.05) is 55.0 Å². The quantitative estimate of drug-likeness (QED) is 0.640. The second-order valence-corrected chi connectivity index (χ2v) is 5.56. The highest BCUT2D eigenvalue weighted by molar-refractivity contribution is 5.84. The van der Waals surface area contributed by atoms with Gasteiger partial charge >= 0.3 is 0 Å². The van der Waals surface area contributed by atoms with E-state index in [9.17, 15) is 0 Å². The minimum atomic E-state index is 0.511. The van der Waals surface area contributed by atoms with Crippen molar-refractivity contribution in [2.75, 3.05) is 0 Å². The molecule has 2 aliphatic rings. The van der Waals surface area contributed by atoms with Crippen LogP contribution in [0.2, 0.25) is 0 Å². The van der Waals surface area contributed by atoms with Crippen molar-refractivity contribution in [2.45, 2.75) is 25.7 Å². The Kier molecular flexibility index (Phi) is 1.80. The van der Waals surface area contributed by atoms with Gasteiger partial charge in [0.15, 0.2) is 0 Å². The fraction of sp³-hybridized carbons (Fsp3) is 0.294. The van der Waals surface area contributed by atoms with Crippen LogP contribution in [-0.2, 0) is 0 Å². The molecule has 0 aliphatic heterocycles. The van der Waals surface area contributed by atoms with Gasteiger partial charge in [-0.15, -0.1) is 0 Å². The molecule has 0 saturated heterocycles. The standard InChI is InChI=1S/C17H16/c1-2-5-15-13(4-1)6-7-14-8-11-17(9-3-10-17)12-16(14)15/h1-2,4-8,12H,3,9-11H2. The Morgan fingerprint density at radius 3 is 2.65 bits per heavy atom. The summed E-state index contributed by atoms with van der Waals surface area (Å²) in [5.41, 5.74) is 0.511. The summed E-state index contributed by atoms with van der Waals surface area (Å²) < 4.78 is 0. The van der Waals surface area contributed by atoms with Crippen LogP contribution in [0.1, 0.15) is 25.7 Å². The van der Waals surface area contributed by atoms with Crippen molar-refractivity contribution >= 4 is 22.9 Å². The van der Waals surface area contributed by atoms with E-state index in [1.807, 2.05) is 0 Å². The number of fused-ring (bicyclic) bond motifs is 3. The zero-order valence-corrected chi connectivity index (χ0v) is 9.95. The van der Waals surface area contributed by atoms with Crippen molar-refractivity contribution in [1.82, 2.24) is 0 Å². The molecule has 0 unspecified atom stereocenters. The van der Waals surface area contributed by atoms with Crippen LogP contribution in [0, 0.1) is 5.41 Å². The fourth-order valence-electron chi connectivity index (χ4n) is 3.31. The van der Waals surface area contributed by atoms with Gasteiger partial charge in [0.05, 0.1) is 0 Å². The highest BCUT2D eigenvalue weighted by Gasteiger charge is 2.34. The molecule has 2 aromatic rings. The number of rotatable bonds is 0. The maximum atomic E-state index is 2.56. The van der Waals surface area contributed by atoms with Gasteiger partial charge in [0.25, 0.3) is 0 Å². The summed E-state index contributed by atoms with van der Waals surface area (Å²) in [6.07, 6.45) is 10.4. The summed E-state index contributed by atoms with van der Waals surface area (Å²) in [6.45, 7) is 0. The van der Waals surface area contributed by atoms with Crippen LogP contribution in [0.3, 0.4) is 0 Å². The molecule has 2 aromatic carbocycles. The van der Waals surface area contributed by atoms with E-state index < -0.39 is 0 Å². The molecule has 0 aromatic heterocycles. The average Bonchev–Trinajstić information content (AvgIpc) is 2.36. The summed E-state index contributed by atoms with van der Waals surface area (Å²) in [7, 11) is 0. The Morgan fingerprint density at radius 1 is 0.941 bits per heavy atom. The van der Waals surface area contributed by atoms with E-state index >= 15 is 0 Å². The summed E-state index contributed by atoms with van der Waals surface area (Å²) in [5, 5.41) is 5.70. The van der Waals surface area contributed by atoms with E-state index in [0.29, 0.717) is 5.41 Å². The minimum absolute atomic E-state index is 0.511. The van der Waals surface area contributed by atoms with Crippen LogP contribution in [0.25, 0.3) is 22.9 Å². The van der Waals surface area contributed by atoms with E-state index in [-0.39, 0.29) is 0 Å². The van der Waals surface area contributed by atoms with Gasteiger partial charge in [0, 0.05) is 0 Å². The lowest BCUT2D eigenvalue weighted by molar-refractivity contribution is 0.234. The highest BCUT2D eigenvalue weighted by atomic mass is 14.4. The van der Waals surface area contributed by atoms with Gasteiger partial charge in [0.2, 0.25) is 0 Å². The zero-order chi connectivity index (χ0) is 11.3. The molecule has 17 heavy (non-hydrogen) atoms. The predicted molar refractivity (Wildman–Crippen MR) is 73.0 cm³/mol. The third-order valence-corrected chi connectivity index (χ3v) is 4.53. The van der Waals surface area contributed by atoms with Crippen molar-refractivity contribution < 1.29 is 0 Å². The third kappa shape index (κ3) is 1.30. The first-order valence-electron chi connectivity index (χ1n) is 6.57. The molecule has 1 fully saturated rings. The molecule has 2 aliphatic carbocycles. The summed E-state index contributed by atoms with van der Waals surface area (Å²) >= 11 is 0. The van der Waals surface area contributed by atoms with E-state index in [1.54, 1.807) is 0 Å². The molecule has 4 rings (SSSR count). The Balaban J connectivity index is 2.13. The second-order valence-electron chi connectivity index (χ2n) is 5.56. The van der Waals surface area contributed by atoms with Crippen molar-refractivity contribution in [2.24, 2.45) is 5.41 Å². The van der Waals surface area contributed by atoms with Gasteiger partial charge in [-0.05, 0) is 45.9 Å². The Morgan fingerprint density at radius 2 is 1.82 bits per heavy atom. The van der Waals surface area contributed by atoms with Crippen LogP contribution in [0.5, 0.6) is 0 Å². The molecule has 1 spiro atoms. The molecule has 0 nitrogen and oxygen atoms in total. The largest absolute Gasteiger partial charge is 0.0758 e. The van der Waals surface area contributed by atoms with Crippen LogP contribution >= 0.6 is 0 Å². The van der Waals surface area contributed by atoms with Crippen molar-refractivity contribution in [3.8, 4) is 0 Å². The summed E-state index contributed by atoms with van der Waals surface area (Å²) in [5.74, 6) is 0. The Labute approximate surface area is 101 Å². The zero-order valence-electron chi connectivity index (χ0n) is 9.95. The van der Waals surface area contributed by atoms with Crippen LogP contribution < -0.4 is 10.4 Å². The smallest absolute Gasteiger partial charge is 0.00740 e. The Hall–Kier alpha value is -1.56. The van der Waals surface area contributed by atoms with Gasteiger partial charge < -0.3 is 0 Å². The van der Waals surface area contributed by atoms with Gasteiger partial charge in [-0.25, -0.2) is 0 Å². The minimum Gasteiger partial charge on any atom is -0.0758 e. The van der Waals surface area contributed by atoms with Crippen molar-refractivity contribution in [3.63, 3.8) is 0 Å². The summed E-state index contributed by atoms with van der Waals surface area (Å²) in [6, 6.07) is 13.3. The monoisotopic (exact) mass is 220 g/mol. The van der Waals surface area contributed by atoms with Gasteiger partial charge in [-0.3, -0.25) is 0 Å². The maximum Gasteiger partial charge on any atom is -0.00740 e. The lowest BCUT2D eigenvalue weighted by Gasteiger charge is -2.40. The third-order valence-electron chi connectivity index (χ3n) is 4.53. The second kappa shape index (κ2) is 3.22. The highest BCUT2D eigenvalue weighted by Crippen LogP contribution is 2.46. The molecule has 84 valence electrons. The van der Waals surface area contributed by atoms with Crippen LogP contribution in [0.15, 0.2) is 36.4 Å². The van der Waals surface area contributed by atoms with E-state index in [4.69, 9.17) is 0 Å². The first-order valence-corrected chi connectivity index (χ1v) is 6.57. The normalized spacial score (nSPS) is 20.2. The number of benzene rings is 2. The fourth-order valence-corrected chi connectivity index (χ4v) is 3.31. The lowest BCUT2D eigenvalue weighted by atomic mass is 9.65. The van der Waals surface area contributed by atoms with Gasteiger partial charge in [-0.2, -0.15) is 0 Å². The van der Waals surface area contributed by atoms with Crippen molar-refractivity contribution in [1.29, 1.82) is 0 Å². The molecule has 0 bridgehead atoms. The first kappa shape index (κ1) is 9.47. The predicted octanol–water partition coefficient (Wildman–Crippen LogP) is 2.97. The van der Waals surface area contributed by atoms with Crippen LogP contribution in [-0.4, -0.2) is 0 Å². The maximum absolute atomic E-state index is 2.56. The molecule has 0 amide bonds. The lowest BCUT2D eigenvalue weighted by Crippen LogP contribution is -2.38. The molecular weight excluding hydrogens is 204 g/mol. The molecule has 1 saturated carbocycles. The van der Waals surface area contributed by atoms with Crippen LogP contribution in [0.4, 0.5) is 0 Å². The van der Waals surface area contributed by atoms with E-state index in [2.05, 4.69) is 48.6 Å². The van der Waals surface area contributed by atoms with Crippen molar-refractivity contribution in [3.05, 3.63) is 46.8 Å². The molecular formula is C17H16. The average molecular weight is 220 g/mol. The molecule has 0 N–H and O–H groups in total. The molecule has 0 heterocycles. The topological polar surface area (TPSA) is 0 Å². The SMILES string of the molecule is C1=c2ccc3ccccc3c2=CC2(C1)CCC2. The number of hydrogen-bond donors (Lipinski definition) is 0. The first-order chi connectivity index (χ1) is 8.36.